The van der Waals surface area contributed by atoms with Gasteiger partial charge < -0.3 is 4.74 Å². The van der Waals surface area contributed by atoms with Crippen LogP contribution in [0.25, 0.3) is 0 Å². The fourth-order valence-corrected chi connectivity index (χ4v) is 3.26. The van der Waals surface area contributed by atoms with Crippen LogP contribution in [0.5, 0.6) is 0 Å². The average molecular weight is 351 g/mol. The SMILES string of the molecule is CCC(CC)N1C(=O)c2cccc(C(=O)OCc3ccccc3)c2C1=O. The number of rotatable bonds is 6. The molecule has 2 amide bonds. The van der Waals surface area contributed by atoms with Crippen molar-refractivity contribution in [3.8, 4) is 0 Å². The number of benzene rings is 2. The van der Waals surface area contributed by atoms with Crippen molar-refractivity contribution in [3.05, 3.63) is 70.8 Å². The highest BCUT2D eigenvalue weighted by molar-refractivity contribution is 6.24. The molecule has 0 aliphatic carbocycles. The van der Waals surface area contributed by atoms with E-state index in [9.17, 15) is 14.4 Å². The van der Waals surface area contributed by atoms with E-state index >= 15 is 0 Å². The Kier molecular flexibility index (Phi) is 5.16. The van der Waals surface area contributed by atoms with Crippen molar-refractivity contribution in [2.75, 3.05) is 0 Å². The fraction of sp³-hybridized carbons (Fsp3) is 0.286. The maximum Gasteiger partial charge on any atom is 0.339 e. The van der Waals surface area contributed by atoms with E-state index in [-0.39, 0.29) is 35.2 Å². The predicted octanol–water partition coefficient (Wildman–Crippen LogP) is 3.83. The van der Waals surface area contributed by atoms with Crippen LogP contribution in [0.1, 0.15) is 63.3 Å². The lowest BCUT2D eigenvalue weighted by Gasteiger charge is -2.23. The van der Waals surface area contributed by atoms with Crippen molar-refractivity contribution < 1.29 is 19.1 Å². The van der Waals surface area contributed by atoms with Gasteiger partial charge >= 0.3 is 5.97 Å². The number of carbonyl (C=O) groups is 3. The molecule has 2 aromatic rings. The highest BCUT2D eigenvalue weighted by Gasteiger charge is 2.41. The summed E-state index contributed by atoms with van der Waals surface area (Å²) in [4.78, 5) is 39.4. The normalized spacial score (nSPS) is 13.3. The van der Waals surface area contributed by atoms with Crippen LogP contribution < -0.4 is 0 Å². The van der Waals surface area contributed by atoms with Gasteiger partial charge in [0.05, 0.1) is 16.7 Å². The number of esters is 1. The van der Waals surface area contributed by atoms with Crippen molar-refractivity contribution in [3.63, 3.8) is 0 Å². The third kappa shape index (κ3) is 3.12. The van der Waals surface area contributed by atoms with Gasteiger partial charge in [-0.1, -0.05) is 50.2 Å². The molecule has 0 bridgehead atoms. The largest absolute Gasteiger partial charge is 0.457 e. The smallest absolute Gasteiger partial charge is 0.339 e. The van der Waals surface area contributed by atoms with Crippen LogP contribution in [0.4, 0.5) is 0 Å². The van der Waals surface area contributed by atoms with Crippen LogP contribution in [-0.4, -0.2) is 28.7 Å². The van der Waals surface area contributed by atoms with Gasteiger partial charge in [-0.3, -0.25) is 14.5 Å². The van der Waals surface area contributed by atoms with Crippen LogP contribution in [0.2, 0.25) is 0 Å². The topological polar surface area (TPSA) is 63.7 Å². The highest BCUT2D eigenvalue weighted by Crippen LogP contribution is 2.29. The van der Waals surface area contributed by atoms with E-state index in [1.54, 1.807) is 12.1 Å². The number of amides is 2. The fourth-order valence-electron chi connectivity index (χ4n) is 3.26. The van der Waals surface area contributed by atoms with E-state index in [1.165, 1.54) is 11.0 Å². The van der Waals surface area contributed by atoms with Gasteiger partial charge in [-0.2, -0.15) is 0 Å². The monoisotopic (exact) mass is 351 g/mol. The zero-order valence-corrected chi connectivity index (χ0v) is 14.9. The third-order valence-electron chi connectivity index (χ3n) is 4.69. The molecule has 2 aromatic carbocycles. The second-order valence-electron chi connectivity index (χ2n) is 6.24. The molecule has 0 N–H and O–H groups in total. The van der Waals surface area contributed by atoms with Crippen molar-refractivity contribution in [2.24, 2.45) is 0 Å². The minimum absolute atomic E-state index is 0.113. The minimum atomic E-state index is -0.599. The maximum absolute atomic E-state index is 12.9. The second-order valence-corrected chi connectivity index (χ2v) is 6.24. The number of nitrogens with zero attached hydrogens (tertiary/aromatic N) is 1. The zero-order chi connectivity index (χ0) is 18.7. The van der Waals surface area contributed by atoms with Crippen LogP contribution in [0.15, 0.2) is 48.5 Å². The lowest BCUT2D eigenvalue weighted by Crippen LogP contribution is -2.39. The third-order valence-corrected chi connectivity index (χ3v) is 4.69. The Bertz CT molecular complexity index is 840. The van der Waals surface area contributed by atoms with Crippen LogP contribution >= 0.6 is 0 Å². The first kappa shape index (κ1) is 17.9. The Hall–Kier alpha value is -2.95. The van der Waals surface area contributed by atoms with Gasteiger partial charge in [0.25, 0.3) is 11.8 Å². The van der Waals surface area contributed by atoms with Gasteiger partial charge in [0, 0.05) is 6.04 Å². The Morgan fingerprint density at radius 2 is 1.65 bits per heavy atom. The summed E-state index contributed by atoms with van der Waals surface area (Å²) in [5, 5.41) is 0. The molecule has 3 rings (SSSR count). The summed E-state index contributed by atoms with van der Waals surface area (Å²) < 4.78 is 5.35. The molecule has 5 nitrogen and oxygen atoms in total. The summed E-state index contributed by atoms with van der Waals surface area (Å²) in [6.07, 6.45) is 1.35. The number of hydrogen-bond acceptors (Lipinski definition) is 4. The molecule has 0 spiro atoms. The van der Waals surface area contributed by atoms with Crippen LogP contribution in [0, 0.1) is 0 Å². The first-order valence-corrected chi connectivity index (χ1v) is 8.80. The van der Waals surface area contributed by atoms with Gasteiger partial charge in [-0.15, -0.1) is 0 Å². The van der Waals surface area contributed by atoms with Gasteiger partial charge in [0.2, 0.25) is 0 Å². The standard InChI is InChI=1S/C21H21NO4/c1-3-15(4-2)22-19(23)16-11-8-12-17(18(16)20(22)24)21(25)26-13-14-9-6-5-7-10-14/h5-12,15H,3-4,13H2,1-2H3. The van der Waals surface area contributed by atoms with Gasteiger partial charge in [-0.25, -0.2) is 4.79 Å². The quantitative estimate of drug-likeness (QED) is 0.586. The first-order valence-electron chi connectivity index (χ1n) is 8.80. The number of hydrogen-bond donors (Lipinski definition) is 0. The molecule has 0 saturated carbocycles. The van der Waals surface area contributed by atoms with Crippen LogP contribution in [0.3, 0.4) is 0 Å². The molecule has 134 valence electrons. The lowest BCUT2D eigenvalue weighted by molar-refractivity contribution is 0.0463. The molecule has 0 aromatic heterocycles. The number of imide groups is 1. The molecule has 0 unspecified atom stereocenters. The molecule has 0 saturated heterocycles. The summed E-state index contributed by atoms with van der Waals surface area (Å²) in [5.41, 5.74) is 1.43. The maximum atomic E-state index is 12.9. The minimum Gasteiger partial charge on any atom is -0.457 e. The van der Waals surface area contributed by atoms with E-state index in [0.29, 0.717) is 12.8 Å². The molecule has 5 heteroatoms. The van der Waals surface area contributed by atoms with Crippen molar-refractivity contribution in [1.82, 2.24) is 4.90 Å². The predicted molar refractivity (Wildman–Crippen MR) is 96.9 cm³/mol. The van der Waals surface area contributed by atoms with E-state index in [0.717, 1.165) is 5.56 Å². The summed E-state index contributed by atoms with van der Waals surface area (Å²) >= 11 is 0. The summed E-state index contributed by atoms with van der Waals surface area (Å²) in [7, 11) is 0. The van der Waals surface area contributed by atoms with Gasteiger partial charge in [0.15, 0.2) is 0 Å². The molecule has 1 aliphatic heterocycles. The molecule has 0 atom stereocenters. The van der Waals surface area contributed by atoms with Crippen molar-refractivity contribution in [1.29, 1.82) is 0 Å². The van der Waals surface area contributed by atoms with Crippen molar-refractivity contribution in [2.45, 2.75) is 39.3 Å². The van der Waals surface area contributed by atoms with Gasteiger partial charge in [-0.05, 0) is 30.5 Å². The molecule has 1 heterocycles. The summed E-state index contributed by atoms with van der Waals surface area (Å²) in [6, 6.07) is 13.9. The lowest BCUT2D eigenvalue weighted by atomic mass is 10.0. The number of ether oxygens (including phenoxy) is 1. The highest BCUT2D eigenvalue weighted by atomic mass is 16.5. The molecular weight excluding hydrogens is 330 g/mol. The average Bonchev–Trinajstić information content (AvgIpc) is 2.93. The molecular formula is C21H21NO4. The Balaban J connectivity index is 1.87. The van der Waals surface area contributed by atoms with Gasteiger partial charge in [0.1, 0.15) is 6.61 Å². The number of carbonyl (C=O) groups excluding carboxylic acids is 3. The van der Waals surface area contributed by atoms with E-state index in [2.05, 4.69) is 0 Å². The van der Waals surface area contributed by atoms with E-state index < -0.39 is 11.9 Å². The first-order chi connectivity index (χ1) is 12.6. The van der Waals surface area contributed by atoms with Crippen LogP contribution in [-0.2, 0) is 11.3 Å². The Labute approximate surface area is 152 Å². The summed E-state index contributed by atoms with van der Waals surface area (Å²) in [6.45, 7) is 3.99. The Morgan fingerprint density at radius 3 is 2.31 bits per heavy atom. The van der Waals surface area contributed by atoms with E-state index in [4.69, 9.17) is 4.74 Å². The molecule has 0 fully saturated rings. The zero-order valence-electron chi connectivity index (χ0n) is 14.9. The molecule has 26 heavy (non-hydrogen) atoms. The second kappa shape index (κ2) is 7.52. The molecule has 0 radical (unpaired) electrons. The molecule has 1 aliphatic rings. The summed E-state index contributed by atoms with van der Waals surface area (Å²) in [5.74, 6) is -1.35. The Morgan fingerprint density at radius 1 is 0.962 bits per heavy atom. The number of fused-ring (bicyclic) bond motifs is 1. The van der Waals surface area contributed by atoms with Crippen molar-refractivity contribution >= 4 is 17.8 Å². The van der Waals surface area contributed by atoms with E-state index in [1.807, 2.05) is 44.2 Å².